The third kappa shape index (κ3) is 6.02. The fourth-order valence-electron chi connectivity index (χ4n) is 3.31. The van der Waals surface area contributed by atoms with Gasteiger partial charge in [-0.3, -0.25) is 4.79 Å². The molecule has 0 aliphatic carbocycles. The van der Waals surface area contributed by atoms with Crippen LogP contribution in [0.4, 0.5) is 5.00 Å². The van der Waals surface area contributed by atoms with E-state index in [1.807, 2.05) is 60.8 Å². The summed E-state index contributed by atoms with van der Waals surface area (Å²) in [7, 11) is 0. The van der Waals surface area contributed by atoms with Crippen LogP contribution in [0, 0.1) is 6.92 Å². The maximum atomic E-state index is 12.9. The first-order chi connectivity index (χ1) is 15.6. The first kappa shape index (κ1) is 24.5. The number of benzene rings is 2. The van der Waals surface area contributed by atoms with Crippen LogP contribution in [0.3, 0.4) is 0 Å². The van der Waals surface area contributed by atoms with Gasteiger partial charge in [0.15, 0.2) is 6.10 Å². The van der Waals surface area contributed by atoms with E-state index in [1.165, 1.54) is 16.9 Å². The molecule has 1 atom stereocenters. The molecule has 0 fully saturated rings. The van der Waals surface area contributed by atoms with Crippen LogP contribution in [-0.2, 0) is 14.9 Å². The maximum absolute atomic E-state index is 12.9. The summed E-state index contributed by atoms with van der Waals surface area (Å²) in [6, 6.07) is 15.6. The highest BCUT2D eigenvalue weighted by atomic mass is 32.1. The fraction of sp³-hybridized carbons (Fsp3) is 0.333. The Kier molecular flexibility index (Phi) is 7.59. The summed E-state index contributed by atoms with van der Waals surface area (Å²) in [6.07, 6.45) is -0.745. The molecule has 6 heteroatoms. The number of carbonyl (C=O) groups excluding carboxylic acids is 2. The van der Waals surface area contributed by atoms with Gasteiger partial charge >= 0.3 is 5.97 Å². The Morgan fingerprint density at radius 3 is 2.24 bits per heavy atom. The molecule has 174 valence electrons. The summed E-state index contributed by atoms with van der Waals surface area (Å²) >= 11 is 1.30. The number of thiophene rings is 1. The van der Waals surface area contributed by atoms with Gasteiger partial charge < -0.3 is 14.8 Å². The van der Waals surface area contributed by atoms with E-state index in [4.69, 9.17) is 9.47 Å². The Bertz CT molecular complexity index is 1110. The van der Waals surface area contributed by atoms with Crippen LogP contribution in [0.25, 0.3) is 11.1 Å². The Morgan fingerprint density at radius 2 is 1.67 bits per heavy atom. The third-order valence-corrected chi connectivity index (χ3v) is 6.17. The van der Waals surface area contributed by atoms with E-state index < -0.39 is 12.1 Å². The van der Waals surface area contributed by atoms with Crippen molar-refractivity contribution in [1.82, 2.24) is 0 Å². The number of nitrogens with one attached hydrogen (secondary N) is 1. The molecule has 33 heavy (non-hydrogen) atoms. The average molecular weight is 466 g/mol. The molecule has 0 saturated heterocycles. The standard InChI is InChI=1S/C27H31NO4S/c1-7-31-26(30)23-22(19-10-8-17(2)9-11-19)16-33-25(23)28-24(29)18(3)32-21-14-12-20(13-15-21)27(4,5)6/h8-16,18H,7H2,1-6H3,(H,28,29). The topological polar surface area (TPSA) is 64.6 Å². The van der Waals surface area contributed by atoms with Gasteiger partial charge in [-0.1, -0.05) is 62.7 Å². The Balaban J connectivity index is 1.79. The third-order valence-electron chi connectivity index (χ3n) is 5.27. The van der Waals surface area contributed by atoms with Crippen LogP contribution in [-0.4, -0.2) is 24.6 Å². The van der Waals surface area contributed by atoms with Crippen molar-refractivity contribution >= 4 is 28.2 Å². The zero-order valence-corrected chi connectivity index (χ0v) is 20.8. The second-order valence-corrected chi connectivity index (χ2v) is 9.84. The van der Waals surface area contributed by atoms with Crippen molar-refractivity contribution in [3.8, 4) is 16.9 Å². The average Bonchev–Trinajstić information content (AvgIpc) is 3.17. The van der Waals surface area contributed by atoms with E-state index in [0.717, 1.165) is 16.7 Å². The second kappa shape index (κ2) is 10.2. The van der Waals surface area contributed by atoms with Crippen LogP contribution < -0.4 is 10.1 Å². The summed E-state index contributed by atoms with van der Waals surface area (Å²) in [5.74, 6) is -0.184. The lowest BCUT2D eigenvalue weighted by molar-refractivity contribution is -0.122. The van der Waals surface area contributed by atoms with Crippen LogP contribution in [0.2, 0.25) is 0 Å². The minimum absolute atomic E-state index is 0.0410. The molecule has 0 bridgehead atoms. The summed E-state index contributed by atoms with van der Waals surface area (Å²) in [5, 5.41) is 5.18. The molecule has 1 unspecified atom stereocenters. The Morgan fingerprint density at radius 1 is 1.03 bits per heavy atom. The number of amides is 1. The highest BCUT2D eigenvalue weighted by Gasteiger charge is 2.25. The van der Waals surface area contributed by atoms with Gasteiger partial charge in [0.05, 0.1) is 6.61 Å². The lowest BCUT2D eigenvalue weighted by Crippen LogP contribution is -2.30. The smallest absolute Gasteiger partial charge is 0.341 e. The Labute approximate surface area is 199 Å². The molecule has 0 saturated carbocycles. The molecule has 0 radical (unpaired) electrons. The zero-order chi connectivity index (χ0) is 24.2. The van der Waals surface area contributed by atoms with E-state index in [2.05, 4.69) is 26.1 Å². The molecule has 1 heterocycles. The maximum Gasteiger partial charge on any atom is 0.341 e. The van der Waals surface area contributed by atoms with Gasteiger partial charge in [-0.25, -0.2) is 4.79 Å². The van der Waals surface area contributed by atoms with Gasteiger partial charge in [0.1, 0.15) is 16.3 Å². The van der Waals surface area contributed by atoms with Crippen LogP contribution in [0.1, 0.15) is 56.1 Å². The van der Waals surface area contributed by atoms with E-state index >= 15 is 0 Å². The normalized spacial score (nSPS) is 12.2. The molecule has 0 aliphatic heterocycles. The summed E-state index contributed by atoms with van der Waals surface area (Å²) in [6.45, 7) is 12.1. The molecule has 3 aromatic rings. The molecule has 1 aromatic heterocycles. The predicted octanol–water partition coefficient (Wildman–Crippen LogP) is 6.60. The second-order valence-electron chi connectivity index (χ2n) is 8.96. The van der Waals surface area contributed by atoms with E-state index in [1.54, 1.807) is 13.8 Å². The van der Waals surface area contributed by atoms with Crippen molar-refractivity contribution in [3.05, 3.63) is 70.6 Å². The summed E-state index contributed by atoms with van der Waals surface area (Å²) in [4.78, 5) is 25.6. The minimum atomic E-state index is -0.745. The van der Waals surface area contributed by atoms with Gasteiger partial charge in [0, 0.05) is 10.9 Å². The van der Waals surface area contributed by atoms with Gasteiger partial charge in [-0.05, 0) is 49.4 Å². The molecule has 0 spiro atoms. The van der Waals surface area contributed by atoms with Crippen molar-refractivity contribution in [2.45, 2.75) is 53.1 Å². The van der Waals surface area contributed by atoms with Crippen molar-refractivity contribution in [3.63, 3.8) is 0 Å². The highest BCUT2D eigenvalue weighted by Crippen LogP contribution is 2.36. The zero-order valence-electron chi connectivity index (χ0n) is 20.0. The van der Waals surface area contributed by atoms with Crippen LogP contribution >= 0.6 is 11.3 Å². The quantitative estimate of drug-likeness (QED) is 0.399. The summed E-state index contributed by atoms with van der Waals surface area (Å²) in [5.41, 5.74) is 4.35. The number of rotatable bonds is 7. The van der Waals surface area contributed by atoms with Gasteiger partial charge in [0.2, 0.25) is 0 Å². The number of hydrogen-bond donors (Lipinski definition) is 1. The van der Waals surface area contributed by atoms with Gasteiger partial charge in [-0.15, -0.1) is 11.3 Å². The molecule has 0 aliphatic rings. The molecule has 1 N–H and O–H groups in total. The molecular formula is C27H31NO4S. The molecular weight excluding hydrogens is 434 g/mol. The van der Waals surface area contributed by atoms with Crippen molar-refractivity contribution < 1.29 is 19.1 Å². The van der Waals surface area contributed by atoms with Crippen LogP contribution in [0.15, 0.2) is 53.9 Å². The lowest BCUT2D eigenvalue weighted by Gasteiger charge is -2.20. The summed E-state index contributed by atoms with van der Waals surface area (Å²) < 4.78 is 11.1. The number of ether oxygens (including phenoxy) is 2. The van der Waals surface area contributed by atoms with Crippen molar-refractivity contribution in [2.75, 3.05) is 11.9 Å². The van der Waals surface area contributed by atoms with Crippen LogP contribution in [0.5, 0.6) is 5.75 Å². The van der Waals surface area contributed by atoms with E-state index in [9.17, 15) is 9.59 Å². The number of esters is 1. The minimum Gasteiger partial charge on any atom is -0.481 e. The molecule has 5 nitrogen and oxygen atoms in total. The fourth-order valence-corrected chi connectivity index (χ4v) is 4.27. The first-order valence-corrected chi connectivity index (χ1v) is 11.9. The highest BCUT2D eigenvalue weighted by molar-refractivity contribution is 7.15. The number of hydrogen-bond acceptors (Lipinski definition) is 5. The van der Waals surface area contributed by atoms with E-state index in [0.29, 0.717) is 16.3 Å². The molecule has 2 aromatic carbocycles. The SMILES string of the molecule is CCOC(=O)c1c(-c2ccc(C)cc2)csc1NC(=O)C(C)Oc1ccc(C(C)(C)C)cc1. The monoisotopic (exact) mass is 465 g/mol. The number of aryl methyl sites for hydroxylation is 1. The Hall–Kier alpha value is -3.12. The molecule has 3 rings (SSSR count). The molecule has 1 amide bonds. The number of anilines is 1. The van der Waals surface area contributed by atoms with Crippen molar-refractivity contribution in [1.29, 1.82) is 0 Å². The van der Waals surface area contributed by atoms with Crippen molar-refractivity contribution in [2.24, 2.45) is 0 Å². The largest absolute Gasteiger partial charge is 0.481 e. The number of carbonyl (C=O) groups is 2. The first-order valence-electron chi connectivity index (χ1n) is 11.0. The van der Waals surface area contributed by atoms with Gasteiger partial charge in [0.25, 0.3) is 5.91 Å². The van der Waals surface area contributed by atoms with Gasteiger partial charge in [-0.2, -0.15) is 0 Å². The predicted molar refractivity (Wildman–Crippen MR) is 134 cm³/mol. The lowest BCUT2D eigenvalue weighted by atomic mass is 9.87. The van der Waals surface area contributed by atoms with E-state index in [-0.39, 0.29) is 17.9 Å².